The van der Waals surface area contributed by atoms with Gasteiger partial charge < -0.3 is 15.3 Å². The van der Waals surface area contributed by atoms with E-state index < -0.39 is 0 Å². The van der Waals surface area contributed by atoms with Crippen molar-refractivity contribution >= 4 is 17.5 Å². The molecule has 1 aromatic carbocycles. The van der Waals surface area contributed by atoms with E-state index in [0.717, 1.165) is 43.3 Å². The van der Waals surface area contributed by atoms with E-state index in [4.69, 9.17) is 11.6 Å². The zero-order valence-corrected chi connectivity index (χ0v) is 21.1. The third kappa shape index (κ3) is 5.94. The van der Waals surface area contributed by atoms with Crippen LogP contribution in [0.2, 0.25) is 0 Å². The molecule has 0 saturated heterocycles. The predicted molar refractivity (Wildman–Crippen MR) is 135 cm³/mol. The summed E-state index contributed by atoms with van der Waals surface area (Å²) in [5.74, 6) is 3.08. The molecule has 0 radical (unpaired) electrons. The number of unbranched alkanes of at least 4 members (excludes halogenated alkanes) is 2. The second kappa shape index (κ2) is 11.6. The van der Waals surface area contributed by atoms with Crippen LogP contribution in [0.5, 0.6) is 0 Å². The van der Waals surface area contributed by atoms with Crippen LogP contribution < -0.4 is 5.32 Å². The Morgan fingerprint density at radius 1 is 1.09 bits per heavy atom. The van der Waals surface area contributed by atoms with E-state index in [1.165, 1.54) is 64.2 Å². The van der Waals surface area contributed by atoms with E-state index in [-0.39, 0.29) is 23.4 Å². The summed E-state index contributed by atoms with van der Waals surface area (Å²) in [6.45, 7) is 5.54. The molecular formula is C28H43ClN2O2. The number of hydrogen-bond donors (Lipinski definition) is 2. The van der Waals surface area contributed by atoms with E-state index >= 15 is 0 Å². The van der Waals surface area contributed by atoms with Gasteiger partial charge in [-0.05, 0) is 100 Å². The highest BCUT2D eigenvalue weighted by atomic mass is 35.5. The predicted octanol–water partition coefficient (Wildman–Crippen LogP) is 5.69. The molecule has 0 spiro atoms. The highest BCUT2D eigenvalue weighted by Crippen LogP contribution is 2.64. The number of benzene rings is 1. The summed E-state index contributed by atoms with van der Waals surface area (Å²) in [5.41, 5.74) is 0.484. The van der Waals surface area contributed by atoms with Crippen molar-refractivity contribution in [2.45, 2.75) is 76.6 Å². The number of aliphatic hydroxyl groups is 1. The maximum absolute atomic E-state index is 12.7. The van der Waals surface area contributed by atoms with Crippen molar-refractivity contribution in [2.75, 3.05) is 26.2 Å². The Bertz CT molecular complexity index is 742. The normalized spacial score (nSPS) is 31.2. The van der Waals surface area contributed by atoms with Crippen molar-refractivity contribution in [1.29, 1.82) is 0 Å². The van der Waals surface area contributed by atoms with Gasteiger partial charge in [0.25, 0.3) is 5.91 Å². The molecule has 33 heavy (non-hydrogen) atoms. The van der Waals surface area contributed by atoms with Gasteiger partial charge in [-0.1, -0.05) is 49.6 Å². The summed E-state index contributed by atoms with van der Waals surface area (Å²) in [6.07, 6.45) is 12.5. The average Bonchev–Trinajstić information content (AvgIpc) is 2.81. The first-order valence-corrected chi connectivity index (χ1v) is 13.8. The number of halogens is 1. The molecule has 1 aromatic rings. The lowest BCUT2D eigenvalue weighted by atomic mass is 9.45. The number of rotatable bonds is 13. The fraction of sp³-hybridized carbons (Fsp3) is 0.750. The number of hydrogen-bond acceptors (Lipinski definition) is 3. The van der Waals surface area contributed by atoms with Gasteiger partial charge in [-0.3, -0.25) is 4.79 Å². The molecule has 0 aliphatic heterocycles. The first-order chi connectivity index (χ1) is 16.0. The zero-order valence-electron chi connectivity index (χ0n) is 20.4. The highest BCUT2D eigenvalue weighted by molar-refractivity contribution is 6.22. The number of amides is 1. The van der Waals surface area contributed by atoms with Crippen LogP contribution in [-0.4, -0.2) is 47.7 Å². The third-order valence-electron chi connectivity index (χ3n) is 8.85. The van der Waals surface area contributed by atoms with E-state index in [0.29, 0.717) is 5.56 Å². The number of alkyl halides is 1. The molecule has 0 aromatic heterocycles. The molecule has 3 unspecified atom stereocenters. The maximum Gasteiger partial charge on any atom is 0.252 e. The van der Waals surface area contributed by atoms with Gasteiger partial charge in [-0.15, -0.1) is 0 Å². The Kier molecular flexibility index (Phi) is 8.75. The minimum atomic E-state index is -0.280. The topological polar surface area (TPSA) is 52.6 Å². The summed E-state index contributed by atoms with van der Waals surface area (Å²) < 4.78 is 0. The molecule has 3 atom stereocenters. The minimum Gasteiger partial charge on any atom is -0.395 e. The van der Waals surface area contributed by atoms with E-state index in [9.17, 15) is 9.90 Å². The van der Waals surface area contributed by atoms with E-state index in [2.05, 4.69) is 17.1 Å². The molecule has 0 heterocycles. The number of aliphatic hydroxyl groups excluding tert-OH is 1. The summed E-state index contributed by atoms with van der Waals surface area (Å²) in [4.78, 5) is 15.2. The second-order valence-electron chi connectivity index (χ2n) is 11.1. The monoisotopic (exact) mass is 474 g/mol. The Morgan fingerprint density at radius 2 is 1.79 bits per heavy atom. The van der Waals surface area contributed by atoms with Gasteiger partial charge >= 0.3 is 0 Å². The largest absolute Gasteiger partial charge is 0.395 e. The van der Waals surface area contributed by atoms with Crippen LogP contribution >= 0.6 is 11.6 Å². The molecule has 2 N–H and O–H groups in total. The molecule has 4 aliphatic rings. The second-order valence-corrected chi connectivity index (χ2v) is 11.5. The average molecular weight is 475 g/mol. The minimum absolute atomic E-state index is 0.0463. The summed E-state index contributed by atoms with van der Waals surface area (Å²) >= 11 is 6.97. The molecule has 4 aliphatic carbocycles. The molecule has 1 amide bonds. The van der Waals surface area contributed by atoms with Crippen molar-refractivity contribution < 1.29 is 9.90 Å². The molecule has 184 valence electrons. The maximum atomic E-state index is 12.7. The quantitative estimate of drug-likeness (QED) is 0.219. The van der Waals surface area contributed by atoms with Crippen molar-refractivity contribution in [2.24, 2.45) is 29.1 Å². The molecule has 4 fully saturated rings. The van der Waals surface area contributed by atoms with Gasteiger partial charge in [0.2, 0.25) is 0 Å². The lowest BCUT2D eigenvalue weighted by Gasteiger charge is -2.61. The molecule has 5 heteroatoms. The Morgan fingerprint density at radius 3 is 2.45 bits per heavy atom. The standard InChI is InChI=1S/C28H43ClN2O2/c1-2-3-7-12-31(14-15-32)13-8-11-25-23-16-21-17-24(25)20-28(18-21,19-23)27(29)30-26(33)22-9-5-4-6-10-22/h4-6,9-10,21,23-25,27,32H,2-3,7-8,11-20H2,1H3,(H,30,33). The first kappa shape index (κ1) is 25.0. The fourth-order valence-electron chi connectivity index (χ4n) is 7.53. The molecule has 4 bridgehead atoms. The number of carbonyl (C=O) groups excluding carboxylic acids is 1. The SMILES string of the molecule is CCCCCN(CCO)CCCC1C2CC3CC1CC(C(Cl)NC(=O)c1ccccc1)(C3)C2. The van der Waals surface area contributed by atoms with Gasteiger partial charge in [0.05, 0.1) is 6.61 Å². The highest BCUT2D eigenvalue weighted by Gasteiger charge is 2.57. The molecule has 5 rings (SSSR count). The van der Waals surface area contributed by atoms with Gasteiger partial charge in [0.15, 0.2) is 0 Å². The number of nitrogens with one attached hydrogen (secondary N) is 1. The summed E-state index contributed by atoms with van der Waals surface area (Å²) in [7, 11) is 0. The summed E-state index contributed by atoms with van der Waals surface area (Å²) in [6, 6.07) is 9.45. The van der Waals surface area contributed by atoms with Crippen LogP contribution in [0.25, 0.3) is 0 Å². The van der Waals surface area contributed by atoms with Crippen molar-refractivity contribution in [3.63, 3.8) is 0 Å². The van der Waals surface area contributed by atoms with E-state index in [1.54, 1.807) is 0 Å². The third-order valence-corrected chi connectivity index (χ3v) is 9.43. The van der Waals surface area contributed by atoms with Gasteiger partial charge in [0.1, 0.15) is 5.50 Å². The fourth-order valence-corrected chi connectivity index (χ4v) is 7.89. The zero-order chi connectivity index (χ0) is 23.3. The van der Waals surface area contributed by atoms with Crippen LogP contribution in [0.3, 0.4) is 0 Å². The molecule has 4 nitrogen and oxygen atoms in total. The van der Waals surface area contributed by atoms with Crippen molar-refractivity contribution in [3.05, 3.63) is 35.9 Å². The number of carbonyl (C=O) groups is 1. The molecule has 4 saturated carbocycles. The van der Waals surface area contributed by atoms with Gasteiger partial charge in [-0.25, -0.2) is 0 Å². The van der Waals surface area contributed by atoms with E-state index in [1.807, 2.05) is 30.3 Å². The Hall–Kier alpha value is -1.10. The van der Waals surface area contributed by atoms with Crippen molar-refractivity contribution in [3.8, 4) is 0 Å². The summed E-state index contributed by atoms with van der Waals surface area (Å²) in [5, 5.41) is 12.6. The van der Waals surface area contributed by atoms with Gasteiger partial charge in [-0.2, -0.15) is 0 Å². The van der Waals surface area contributed by atoms with Crippen LogP contribution in [0.15, 0.2) is 30.3 Å². The lowest BCUT2D eigenvalue weighted by Crippen LogP contribution is -2.57. The van der Waals surface area contributed by atoms with Gasteiger partial charge in [0, 0.05) is 17.5 Å². The van der Waals surface area contributed by atoms with Crippen LogP contribution in [0, 0.1) is 29.1 Å². The van der Waals surface area contributed by atoms with Crippen LogP contribution in [0.1, 0.15) is 81.5 Å². The van der Waals surface area contributed by atoms with Crippen LogP contribution in [-0.2, 0) is 0 Å². The van der Waals surface area contributed by atoms with Crippen molar-refractivity contribution in [1.82, 2.24) is 10.2 Å². The smallest absolute Gasteiger partial charge is 0.252 e. The lowest BCUT2D eigenvalue weighted by molar-refractivity contribution is -0.102. The Labute approximate surface area is 205 Å². The first-order valence-electron chi connectivity index (χ1n) is 13.4. The van der Waals surface area contributed by atoms with Crippen LogP contribution in [0.4, 0.5) is 0 Å². The Balaban J connectivity index is 1.31. The number of nitrogens with zero attached hydrogens (tertiary/aromatic N) is 1. The molecular weight excluding hydrogens is 432 g/mol.